The van der Waals surface area contributed by atoms with Crippen LogP contribution < -0.4 is 4.72 Å². The van der Waals surface area contributed by atoms with E-state index in [9.17, 15) is 31.5 Å². The SMILES string of the molecule is Cc1cc(S(=O)(=O)NCC(C)(O)C(=O)O)ccc1C(F)(F)F. The minimum Gasteiger partial charge on any atom is -0.479 e. The summed E-state index contributed by atoms with van der Waals surface area (Å²) < 4.78 is 63.5. The maximum atomic E-state index is 12.6. The predicted octanol–water partition coefficient (Wildman–Crippen LogP) is 1.13. The predicted molar refractivity (Wildman–Crippen MR) is 69.6 cm³/mol. The molecule has 10 heteroatoms. The maximum Gasteiger partial charge on any atom is 0.416 e. The zero-order valence-corrected chi connectivity index (χ0v) is 12.4. The smallest absolute Gasteiger partial charge is 0.416 e. The van der Waals surface area contributed by atoms with Crippen molar-refractivity contribution in [1.29, 1.82) is 0 Å². The lowest BCUT2D eigenvalue weighted by atomic mass is 10.1. The average molecular weight is 341 g/mol. The van der Waals surface area contributed by atoms with E-state index >= 15 is 0 Å². The van der Waals surface area contributed by atoms with Gasteiger partial charge in [0.1, 0.15) is 0 Å². The van der Waals surface area contributed by atoms with Crippen molar-refractivity contribution in [2.75, 3.05) is 6.54 Å². The second-order valence-corrected chi connectivity index (χ2v) is 6.64. The van der Waals surface area contributed by atoms with E-state index in [2.05, 4.69) is 0 Å². The van der Waals surface area contributed by atoms with Gasteiger partial charge in [-0.1, -0.05) is 0 Å². The number of aliphatic carboxylic acids is 1. The summed E-state index contributed by atoms with van der Waals surface area (Å²) in [6, 6.07) is 2.20. The molecule has 3 N–H and O–H groups in total. The van der Waals surface area contributed by atoms with Gasteiger partial charge in [-0.05, 0) is 37.6 Å². The monoisotopic (exact) mass is 341 g/mol. The second kappa shape index (κ2) is 5.86. The molecule has 124 valence electrons. The Bertz CT molecular complexity index is 682. The first-order valence-electron chi connectivity index (χ1n) is 5.91. The van der Waals surface area contributed by atoms with E-state index in [1.54, 1.807) is 0 Å². The van der Waals surface area contributed by atoms with Crippen molar-refractivity contribution in [3.05, 3.63) is 29.3 Å². The number of hydrogen-bond acceptors (Lipinski definition) is 4. The molecule has 1 aromatic carbocycles. The molecule has 0 saturated carbocycles. The molecule has 0 heterocycles. The van der Waals surface area contributed by atoms with Crippen molar-refractivity contribution in [3.8, 4) is 0 Å². The number of nitrogens with one attached hydrogen (secondary N) is 1. The van der Waals surface area contributed by atoms with Crippen LogP contribution in [0.1, 0.15) is 18.1 Å². The first-order chi connectivity index (χ1) is 9.77. The van der Waals surface area contributed by atoms with Crippen molar-refractivity contribution in [2.45, 2.75) is 30.5 Å². The minimum absolute atomic E-state index is 0.291. The number of halogens is 3. The van der Waals surface area contributed by atoms with Gasteiger partial charge in [0.05, 0.1) is 17.0 Å². The molecule has 0 radical (unpaired) electrons. The van der Waals surface area contributed by atoms with E-state index in [0.29, 0.717) is 6.07 Å². The second-order valence-electron chi connectivity index (χ2n) is 4.88. The molecule has 0 bridgehead atoms. The average Bonchev–Trinajstić information content (AvgIpc) is 2.35. The summed E-state index contributed by atoms with van der Waals surface area (Å²) in [5.74, 6) is -1.64. The van der Waals surface area contributed by atoms with E-state index < -0.39 is 44.8 Å². The molecule has 1 rings (SSSR count). The van der Waals surface area contributed by atoms with E-state index in [4.69, 9.17) is 5.11 Å². The Kier molecular flexibility index (Phi) is 4.90. The van der Waals surface area contributed by atoms with Gasteiger partial charge in [-0.2, -0.15) is 13.2 Å². The van der Waals surface area contributed by atoms with Crippen molar-refractivity contribution >= 4 is 16.0 Å². The molecule has 0 aromatic heterocycles. The Hall–Kier alpha value is -1.65. The molecule has 1 unspecified atom stereocenters. The fourth-order valence-electron chi connectivity index (χ4n) is 1.52. The van der Waals surface area contributed by atoms with Crippen LogP contribution in [0, 0.1) is 6.92 Å². The summed E-state index contributed by atoms with van der Waals surface area (Å²) in [7, 11) is -4.25. The van der Waals surface area contributed by atoms with Crippen molar-refractivity contribution in [1.82, 2.24) is 4.72 Å². The van der Waals surface area contributed by atoms with Gasteiger partial charge in [0, 0.05) is 0 Å². The molecule has 0 aliphatic carbocycles. The fraction of sp³-hybridized carbons (Fsp3) is 0.417. The molecule has 0 aliphatic heterocycles. The van der Waals surface area contributed by atoms with Gasteiger partial charge in [0.25, 0.3) is 0 Å². The van der Waals surface area contributed by atoms with Crippen LogP contribution in [0.5, 0.6) is 0 Å². The number of sulfonamides is 1. The van der Waals surface area contributed by atoms with Gasteiger partial charge in [-0.15, -0.1) is 0 Å². The van der Waals surface area contributed by atoms with Crippen LogP contribution in [0.25, 0.3) is 0 Å². The van der Waals surface area contributed by atoms with E-state index in [0.717, 1.165) is 26.0 Å². The molecule has 1 aromatic rings. The van der Waals surface area contributed by atoms with Gasteiger partial charge in [0.15, 0.2) is 5.60 Å². The Balaban J connectivity index is 3.05. The Morgan fingerprint density at radius 2 is 1.86 bits per heavy atom. The Morgan fingerprint density at radius 3 is 2.27 bits per heavy atom. The molecular weight excluding hydrogens is 327 g/mol. The summed E-state index contributed by atoms with van der Waals surface area (Å²) >= 11 is 0. The summed E-state index contributed by atoms with van der Waals surface area (Å²) in [6.45, 7) is 1.16. The van der Waals surface area contributed by atoms with Gasteiger partial charge in [0.2, 0.25) is 10.0 Å². The topological polar surface area (TPSA) is 104 Å². The highest BCUT2D eigenvalue weighted by molar-refractivity contribution is 7.89. The maximum absolute atomic E-state index is 12.6. The Labute approximate surface area is 124 Å². The van der Waals surface area contributed by atoms with Crippen LogP contribution in [0.2, 0.25) is 0 Å². The molecule has 0 spiro atoms. The first-order valence-corrected chi connectivity index (χ1v) is 7.39. The molecule has 0 saturated heterocycles. The van der Waals surface area contributed by atoms with E-state index in [-0.39, 0.29) is 5.56 Å². The Morgan fingerprint density at radius 1 is 1.32 bits per heavy atom. The number of carboxylic acids is 1. The normalized spacial score (nSPS) is 15.4. The number of hydrogen-bond donors (Lipinski definition) is 3. The highest BCUT2D eigenvalue weighted by Crippen LogP contribution is 2.32. The van der Waals surface area contributed by atoms with E-state index in [1.165, 1.54) is 0 Å². The zero-order valence-electron chi connectivity index (χ0n) is 11.6. The summed E-state index contributed by atoms with van der Waals surface area (Å²) in [6.07, 6.45) is -4.60. The molecule has 22 heavy (non-hydrogen) atoms. The van der Waals surface area contributed by atoms with Crippen molar-refractivity contribution < 1.29 is 36.6 Å². The number of benzene rings is 1. The molecular formula is C12H14F3NO5S. The molecule has 0 amide bonds. The standard InChI is InChI=1S/C12H14F3NO5S/c1-7-5-8(3-4-9(7)12(13,14)15)22(20,21)16-6-11(2,19)10(17)18/h3-5,16,19H,6H2,1-2H3,(H,17,18). The number of aliphatic hydroxyl groups is 1. The van der Waals surface area contributed by atoms with E-state index in [1.807, 2.05) is 4.72 Å². The van der Waals surface area contributed by atoms with Gasteiger partial charge >= 0.3 is 12.1 Å². The first kappa shape index (κ1) is 18.4. The molecule has 1 atom stereocenters. The number of carboxylic acid groups (broad SMARTS) is 1. The highest BCUT2D eigenvalue weighted by Gasteiger charge is 2.34. The minimum atomic E-state index is -4.60. The fourth-order valence-corrected chi connectivity index (χ4v) is 2.73. The van der Waals surface area contributed by atoms with Gasteiger partial charge in [-0.25, -0.2) is 17.9 Å². The summed E-state index contributed by atoms with van der Waals surface area (Å²) in [5, 5.41) is 18.1. The third-order valence-corrected chi connectivity index (χ3v) is 4.28. The van der Waals surface area contributed by atoms with Crippen LogP contribution in [0.3, 0.4) is 0 Å². The zero-order chi connectivity index (χ0) is 17.3. The number of aryl methyl sites for hydroxylation is 1. The third kappa shape index (κ3) is 4.18. The summed E-state index contributed by atoms with van der Waals surface area (Å²) in [4.78, 5) is 10.2. The lowest BCUT2D eigenvalue weighted by Crippen LogP contribution is -2.46. The number of carbonyl (C=O) groups is 1. The van der Waals surface area contributed by atoms with Gasteiger partial charge < -0.3 is 10.2 Å². The van der Waals surface area contributed by atoms with Gasteiger partial charge in [-0.3, -0.25) is 0 Å². The van der Waals surface area contributed by atoms with Crippen molar-refractivity contribution in [2.24, 2.45) is 0 Å². The van der Waals surface area contributed by atoms with Crippen LogP contribution >= 0.6 is 0 Å². The highest BCUT2D eigenvalue weighted by atomic mass is 32.2. The third-order valence-electron chi connectivity index (χ3n) is 2.88. The van der Waals surface area contributed by atoms with Crippen LogP contribution in [-0.2, 0) is 21.0 Å². The largest absolute Gasteiger partial charge is 0.479 e. The van der Waals surface area contributed by atoms with Crippen molar-refractivity contribution in [3.63, 3.8) is 0 Å². The quantitative estimate of drug-likeness (QED) is 0.745. The number of rotatable bonds is 5. The van der Waals surface area contributed by atoms with Crippen LogP contribution in [-0.4, -0.2) is 36.7 Å². The van der Waals surface area contributed by atoms with Crippen LogP contribution in [0.15, 0.2) is 23.1 Å². The molecule has 6 nitrogen and oxygen atoms in total. The molecule has 0 fully saturated rings. The lowest BCUT2D eigenvalue weighted by molar-refractivity contribution is -0.155. The lowest BCUT2D eigenvalue weighted by Gasteiger charge is -2.18. The van der Waals surface area contributed by atoms with Crippen LogP contribution in [0.4, 0.5) is 13.2 Å². The number of alkyl halides is 3. The molecule has 0 aliphatic rings. The summed E-state index contributed by atoms with van der Waals surface area (Å²) in [5.41, 5.74) is -3.60.